The van der Waals surface area contributed by atoms with Crippen molar-refractivity contribution in [3.63, 3.8) is 0 Å². The van der Waals surface area contributed by atoms with Crippen molar-refractivity contribution in [2.75, 3.05) is 24.3 Å². The molecule has 0 aromatic rings. The van der Waals surface area contributed by atoms with E-state index >= 15 is 0 Å². The second-order valence-electron chi connectivity index (χ2n) is 2.37. The molecule has 0 radical (unpaired) electrons. The van der Waals surface area contributed by atoms with Crippen LogP contribution in [0.25, 0.3) is 0 Å². The molecule has 0 heterocycles. The van der Waals surface area contributed by atoms with Gasteiger partial charge in [-0.3, -0.25) is 4.79 Å². The number of hydrogen-bond acceptors (Lipinski definition) is 3. The Kier molecular flexibility index (Phi) is 6.96. The molecule has 1 atom stereocenters. The first kappa shape index (κ1) is 11.2. The Morgan fingerprint density at radius 2 is 2.36 bits per heavy atom. The van der Waals surface area contributed by atoms with Gasteiger partial charge in [-0.1, -0.05) is 6.92 Å². The number of thiol groups is 1. The molecule has 0 saturated carbocycles. The second kappa shape index (κ2) is 6.85. The van der Waals surface area contributed by atoms with Crippen molar-refractivity contribution in [1.82, 2.24) is 5.32 Å². The molecule has 0 aliphatic heterocycles. The fraction of sp³-hybridized carbons (Fsp3) is 0.857. The summed E-state index contributed by atoms with van der Waals surface area (Å²) in [5, 5.41) is 2.83. The first-order valence-electron chi connectivity index (χ1n) is 3.60. The van der Waals surface area contributed by atoms with Crippen molar-refractivity contribution in [3.8, 4) is 0 Å². The van der Waals surface area contributed by atoms with E-state index in [-0.39, 0.29) is 11.8 Å². The van der Waals surface area contributed by atoms with E-state index in [1.165, 1.54) is 0 Å². The lowest BCUT2D eigenvalue weighted by atomic mass is 10.2. The highest BCUT2D eigenvalue weighted by molar-refractivity contribution is 7.98. The van der Waals surface area contributed by atoms with E-state index in [1.54, 1.807) is 11.8 Å². The number of carbonyl (C=O) groups excluding carboxylic acids is 1. The summed E-state index contributed by atoms with van der Waals surface area (Å²) in [5.41, 5.74) is 0. The Hall–Kier alpha value is 0.170. The molecule has 0 spiro atoms. The molecule has 0 unspecified atom stereocenters. The van der Waals surface area contributed by atoms with Crippen molar-refractivity contribution in [2.45, 2.75) is 6.92 Å². The van der Waals surface area contributed by atoms with E-state index in [1.807, 2.05) is 13.2 Å². The molecule has 2 nitrogen and oxygen atoms in total. The zero-order valence-corrected chi connectivity index (χ0v) is 8.67. The quantitative estimate of drug-likeness (QED) is 0.504. The van der Waals surface area contributed by atoms with Crippen LogP contribution in [0.15, 0.2) is 0 Å². The van der Waals surface area contributed by atoms with Crippen LogP contribution in [0.3, 0.4) is 0 Å². The van der Waals surface area contributed by atoms with E-state index in [0.29, 0.717) is 5.75 Å². The van der Waals surface area contributed by atoms with Gasteiger partial charge in [-0.15, -0.1) is 0 Å². The molecule has 0 aromatic heterocycles. The Morgan fingerprint density at radius 1 is 1.73 bits per heavy atom. The van der Waals surface area contributed by atoms with Crippen LogP contribution < -0.4 is 5.32 Å². The zero-order valence-electron chi connectivity index (χ0n) is 6.96. The van der Waals surface area contributed by atoms with Crippen LogP contribution >= 0.6 is 24.4 Å². The third kappa shape index (κ3) is 5.44. The molecule has 0 aliphatic carbocycles. The predicted molar refractivity (Wildman–Crippen MR) is 54.4 cm³/mol. The Morgan fingerprint density at radius 3 is 2.82 bits per heavy atom. The molecule has 0 fully saturated rings. The van der Waals surface area contributed by atoms with Gasteiger partial charge in [-0.25, -0.2) is 0 Å². The van der Waals surface area contributed by atoms with Gasteiger partial charge < -0.3 is 5.32 Å². The van der Waals surface area contributed by atoms with Crippen molar-refractivity contribution in [3.05, 3.63) is 0 Å². The molecular formula is C7H15NOS2. The molecule has 1 N–H and O–H groups in total. The highest BCUT2D eigenvalue weighted by atomic mass is 32.2. The average molecular weight is 193 g/mol. The normalized spacial score (nSPS) is 12.6. The molecule has 0 aliphatic rings. The summed E-state index contributed by atoms with van der Waals surface area (Å²) < 4.78 is 0. The van der Waals surface area contributed by atoms with Crippen LogP contribution in [0.2, 0.25) is 0 Å². The molecule has 0 bridgehead atoms. The predicted octanol–water partition coefficient (Wildman–Crippen LogP) is 1.03. The van der Waals surface area contributed by atoms with Crippen LogP contribution in [0.4, 0.5) is 0 Å². The van der Waals surface area contributed by atoms with E-state index in [0.717, 1.165) is 12.3 Å². The standard InChI is InChI=1S/C7H15NOS2/c1-6(5-10)7(9)8-3-4-11-2/h6,10H,3-5H2,1-2H3,(H,8,9)/t6-/m1/s1. The minimum atomic E-state index is 0.0280. The summed E-state index contributed by atoms with van der Waals surface area (Å²) in [6.45, 7) is 2.64. The summed E-state index contributed by atoms with van der Waals surface area (Å²) in [6, 6.07) is 0. The largest absolute Gasteiger partial charge is 0.355 e. The van der Waals surface area contributed by atoms with E-state index in [9.17, 15) is 4.79 Å². The lowest BCUT2D eigenvalue weighted by molar-refractivity contribution is -0.123. The third-order valence-electron chi connectivity index (χ3n) is 1.33. The van der Waals surface area contributed by atoms with E-state index in [4.69, 9.17) is 0 Å². The monoisotopic (exact) mass is 193 g/mol. The summed E-state index contributed by atoms with van der Waals surface area (Å²) >= 11 is 5.76. The number of carbonyl (C=O) groups is 1. The van der Waals surface area contributed by atoms with Crippen molar-refractivity contribution in [1.29, 1.82) is 0 Å². The number of amides is 1. The summed E-state index contributed by atoms with van der Waals surface area (Å²) in [4.78, 5) is 11.1. The van der Waals surface area contributed by atoms with Gasteiger partial charge in [0, 0.05) is 24.0 Å². The van der Waals surface area contributed by atoms with Gasteiger partial charge in [0.1, 0.15) is 0 Å². The maximum Gasteiger partial charge on any atom is 0.223 e. The van der Waals surface area contributed by atoms with Crippen molar-refractivity contribution < 1.29 is 4.79 Å². The number of rotatable bonds is 5. The molecule has 11 heavy (non-hydrogen) atoms. The van der Waals surface area contributed by atoms with E-state index in [2.05, 4.69) is 17.9 Å². The van der Waals surface area contributed by atoms with Crippen LogP contribution in [0, 0.1) is 5.92 Å². The lowest BCUT2D eigenvalue weighted by Gasteiger charge is -2.08. The highest BCUT2D eigenvalue weighted by Crippen LogP contribution is 1.96. The van der Waals surface area contributed by atoms with Gasteiger partial charge in [-0.2, -0.15) is 24.4 Å². The van der Waals surface area contributed by atoms with Crippen LogP contribution in [-0.4, -0.2) is 30.2 Å². The topological polar surface area (TPSA) is 29.1 Å². The van der Waals surface area contributed by atoms with Crippen LogP contribution in [-0.2, 0) is 4.79 Å². The van der Waals surface area contributed by atoms with Gasteiger partial charge >= 0.3 is 0 Å². The minimum Gasteiger partial charge on any atom is -0.355 e. The smallest absolute Gasteiger partial charge is 0.223 e. The Balaban J connectivity index is 3.36. The Labute approximate surface area is 77.9 Å². The SMILES string of the molecule is CSCCNC(=O)[C@H](C)CS. The first-order chi connectivity index (χ1) is 5.22. The van der Waals surface area contributed by atoms with Gasteiger partial charge in [0.2, 0.25) is 5.91 Å². The molecule has 4 heteroatoms. The first-order valence-corrected chi connectivity index (χ1v) is 5.62. The second-order valence-corrected chi connectivity index (χ2v) is 3.72. The molecule has 0 aromatic carbocycles. The lowest BCUT2D eigenvalue weighted by Crippen LogP contribution is -2.31. The maximum atomic E-state index is 11.1. The fourth-order valence-electron chi connectivity index (χ4n) is 0.533. The Bertz CT molecular complexity index is 119. The zero-order chi connectivity index (χ0) is 8.69. The minimum absolute atomic E-state index is 0.0280. The molecule has 1 amide bonds. The molecule has 66 valence electrons. The summed E-state index contributed by atoms with van der Waals surface area (Å²) in [7, 11) is 0. The third-order valence-corrected chi connectivity index (χ3v) is 2.49. The molecule has 0 rings (SSSR count). The van der Waals surface area contributed by atoms with E-state index < -0.39 is 0 Å². The average Bonchev–Trinajstić information content (AvgIpc) is 2.03. The number of thioether (sulfide) groups is 1. The summed E-state index contributed by atoms with van der Waals surface area (Å²) in [6.07, 6.45) is 2.02. The highest BCUT2D eigenvalue weighted by Gasteiger charge is 2.08. The van der Waals surface area contributed by atoms with Gasteiger partial charge in [0.05, 0.1) is 0 Å². The van der Waals surface area contributed by atoms with Crippen molar-refractivity contribution >= 4 is 30.3 Å². The van der Waals surface area contributed by atoms with Gasteiger partial charge in [0.15, 0.2) is 0 Å². The number of hydrogen-bond donors (Lipinski definition) is 2. The van der Waals surface area contributed by atoms with Crippen LogP contribution in [0.5, 0.6) is 0 Å². The van der Waals surface area contributed by atoms with Gasteiger partial charge in [0.25, 0.3) is 0 Å². The van der Waals surface area contributed by atoms with Crippen molar-refractivity contribution in [2.24, 2.45) is 5.92 Å². The molecular weight excluding hydrogens is 178 g/mol. The number of nitrogens with one attached hydrogen (secondary N) is 1. The summed E-state index contributed by atoms with van der Waals surface area (Å²) in [5.74, 6) is 1.73. The van der Waals surface area contributed by atoms with Crippen LogP contribution in [0.1, 0.15) is 6.92 Å². The fourth-order valence-corrected chi connectivity index (χ4v) is 1.01. The maximum absolute atomic E-state index is 11.1. The molecule has 0 saturated heterocycles. The van der Waals surface area contributed by atoms with Gasteiger partial charge in [-0.05, 0) is 6.26 Å².